The summed E-state index contributed by atoms with van der Waals surface area (Å²) in [7, 11) is 0. The Balaban J connectivity index is 1.30. The second kappa shape index (κ2) is 8.23. The first-order valence-electron chi connectivity index (χ1n) is 9.37. The Morgan fingerprint density at radius 1 is 1.00 bits per heavy atom. The van der Waals surface area contributed by atoms with Gasteiger partial charge in [-0.3, -0.25) is 24.1 Å². The first-order valence-corrected chi connectivity index (χ1v) is 12.0. The third-order valence-corrected chi connectivity index (χ3v) is 9.88. The number of alkyl halides is 2. The molecule has 154 valence electrons. The molecule has 2 saturated carbocycles. The lowest BCUT2D eigenvalue weighted by atomic mass is 9.81. The van der Waals surface area contributed by atoms with E-state index in [1.54, 1.807) is 24.3 Å². The second-order valence-corrected chi connectivity index (χ2v) is 10.7. The monoisotopic (exact) mass is 589 g/mol. The number of halogens is 3. The number of likely N-dealkylation sites (tertiary alicyclic amines) is 1. The number of rotatable bonds is 6. The molecule has 0 unspecified atom stereocenters. The molecule has 1 heterocycles. The van der Waals surface area contributed by atoms with Crippen LogP contribution < -0.4 is 0 Å². The van der Waals surface area contributed by atoms with Gasteiger partial charge < -0.3 is 4.74 Å². The van der Waals surface area contributed by atoms with Crippen LogP contribution in [0.15, 0.2) is 28.7 Å². The van der Waals surface area contributed by atoms with E-state index in [1.807, 2.05) is 0 Å². The molecule has 0 radical (unpaired) electrons. The standard InChI is InChI=1S/C20H18Br3NO5/c21-10-3-1-9(2-4-10)13(25)8-29-14(26)5-6-24-19(27)15-11-7-12(16(15)20(24)28)18(23)17(11)22/h1-4,11-12,15-18H,5-8H2/t11-,12-,15-,16+,17-,18+/m0/s1. The van der Waals surface area contributed by atoms with Gasteiger partial charge in [0, 0.05) is 26.2 Å². The molecule has 2 amide bonds. The topological polar surface area (TPSA) is 80.8 Å². The quantitative estimate of drug-likeness (QED) is 0.219. The summed E-state index contributed by atoms with van der Waals surface area (Å²) >= 11 is 10.6. The van der Waals surface area contributed by atoms with Crippen molar-refractivity contribution in [2.75, 3.05) is 13.2 Å². The Hall–Kier alpha value is -1.06. The maximum absolute atomic E-state index is 12.8. The minimum atomic E-state index is -0.604. The van der Waals surface area contributed by atoms with E-state index >= 15 is 0 Å². The summed E-state index contributed by atoms with van der Waals surface area (Å²) < 4.78 is 5.89. The molecular weight excluding hydrogens is 574 g/mol. The predicted molar refractivity (Wildman–Crippen MR) is 115 cm³/mol. The van der Waals surface area contributed by atoms with E-state index in [-0.39, 0.29) is 70.5 Å². The summed E-state index contributed by atoms with van der Waals surface area (Å²) in [4.78, 5) is 51.3. The normalized spacial score (nSPS) is 32.6. The zero-order chi connectivity index (χ0) is 20.9. The van der Waals surface area contributed by atoms with Crippen LogP contribution in [0.1, 0.15) is 23.2 Å². The molecular formula is C20H18Br3NO5. The molecule has 1 aromatic rings. The highest BCUT2D eigenvalue weighted by Crippen LogP contribution is 2.60. The smallest absolute Gasteiger partial charge is 0.308 e. The van der Waals surface area contributed by atoms with Crippen LogP contribution in [0.5, 0.6) is 0 Å². The number of fused-ring (bicyclic) bond motifs is 5. The Morgan fingerprint density at radius 3 is 2.10 bits per heavy atom. The van der Waals surface area contributed by atoms with Crippen LogP contribution in [0.2, 0.25) is 0 Å². The average molecular weight is 592 g/mol. The van der Waals surface area contributed by atoms with E-state index in [0.29, 0.717) is 5.56 Å². The van der Waals surface area contributed by atoms with Crippen molar-refractivity contribution in [3.63, 3.8) is 0 Å². The molecule has 1 saturated heterocycles. The van der Waals surface area contributed by atoms with E-state index in [0.717, 1.165) is 10.9 Å². The van der Waals surface area contributed by atoms with Crippen molar-refractivity contribution < 1.29 is 23.9 Å². The minimum absolute atomic E-state index is 0.00464. The lowest BCUT2D eigenvalue weighted by Gasteiger charge is -2.28. The number of Topliss-reactive ketones (excluding diaryl/α,β-unsaturated/α-hetero) is 1. The lowest BCUT2D eigenvalue weighted by molar-refractivity contribution is -0.145. The van der Waals surface area contributed by atoms with Gasteiger partial charge in [-0.25, -0.2) is 0 Å². The number of esters is 1. The van der Waals surface area contributed by atoms with E-state index in [1.165, 1.54) is 4.90 Å². The van der Waals surface area contributed by atoms with Gasteiger partial charge in [0.15, 0.2) is 12.4 Å². The van der Waals surface area contributed by atoms with Crippen LogP contribution in [0.25, 0.3) is 0 Å². The summed E-state index contributed by atoms with van der Waals surface area (Å²) in [5, 5.41) is 0. The first-order chi connectivity index (χ1) is 13.8. The van der Waals surface area contributed by atoms with Crippen molar-refractivity contribution in [2.24, 2.45) is 23.7 Å². The van der Waals surface area contributed by atoms with Crippen molar-refractivity contribution in [3.05, 3.63) is 34.3 Å². The summed E-state index contributed by atoms with van der Waals surface area (Å²) in [5.74, 6) is -1.58. The zero-order valence-electron chi connectivity index (χ0n) is 15.2. The summed E-state index contributed by atoms with van der Waals surface area (Å²) in [6.07, 6.45) is 0.752. The number of imide groups is 1. The average Bonchev–Trinajstić information content (AvgIpc) is 3.30. The van der Waals surface area contributed by atoms with E-state index < -0.39 is 5.97 Å². The van der Waals surface area contributed by atoms with E-state index in [9.17, 15) is 19.2 Å². The van der Waals surface area contributed by atoms with Crippen molar-refractivity contribution >= 4 is 71.4 Å². The SMILES string of the molecule is O=C(CCN1C(=O)[C@@H]2[C@@H]3C[C@H]([C@H](Br)[C@@H]3Br)[C@@H]2C1=O)OCC(=O)c1ccc(Br)cc1. The molecule has 2 bridgehead atoms. The predicted octanol–water partition coefficient (Wildman–Crippen LogP) is 3.34. The number of hydrogen-bond acceptors (Lipinski definition) is 5. The summed E-state index contributed by atoms with van der Waals surface area (Å²) in [5.41, 5.74) is 0.447. The summed E-state index contributed by atoms with van der Waals surface area (Å²) in [6, 6.07) is 6.75. The van der Waals surface area contributed by atoms with Crippen LogP contribution >= 0.6 is 47.8 Å². The second-order valence-electron chi connectivity index (χ2n) is 7.67. The number of benzene rings is 1. The number of carbonyl (C=O) groups excluding carboxylic acids is 4. The molecule has 6 atom stereocenters. The van der Waals surface area contributed by atoms with Crippen LogP contribution in [0, 0.1) is 23.7 Å². The van der Waals surface area contributed by atoms with Gasteiger partial charge in [0.2, 0.25) is 11.8 Å². The number of carbonyl (C=O) groups is 4. The van der Waals surface area contributed by atoms with Gasteiger partial charge in [-0.2, -0.15) is 0 Å². The molecule has 3 fully saturated rings. The van der Waals surface area contributed by atoms with Crippen molar-refractivity contribution in [1.29, 1.82) is 0 Å². The Morgan fingerprint density at radius 2 is 1.55 bits per heavy atom. The molecule has 29 heavy (non-hydrogen) atoms. The van der Waals surface area contributed by atoms with E-state index in [2.05, 4.69) is 47.8 Å². The number of nitrogens with zero attached hydrogens (tertiary/aromatic N) is 1. The molecule has 0 aromatic heterocycles. The van der Waals surface area contributed by atoms with E-state index in [4.69, 9.17) is 4.74 Å². The number of ketones is 1. The van der Waals surface area contributed by atoms with Crippen LogP contribution in [-0.4, -0.2) is 51.3 Å². The largest absolute Gasteiger partial charge is 0.457 e. The highest BCUT2D eigenvalue weighted by molar-refractivity contribution is 9.12. The molecule has 0 spiro atoms. The first kappa shape index (κ1) is 21.2. The Bertz CT molecular complexity index is 841. The molecule has 3 aliphatic rings. The van der Waals surface area contributed by atoms with Crippen molar-refractivity contribution in [3.8, 4) is 0 Å². The van der Waals surface area contributed by atoms with Crippen molar-refractivity contribution in [2.45, 2.75) is 22.5 Å². The molecule has 1 aromatic carbocycles. The third-order valence-electron chi connectivity index (χ3n) is 6.15. The Kier molecular flexibility index (Phi) is 6.01. The van der Waals surface area contributed by atoms with Crippen LogP contribution in [-0.2, 0) is 19.1 Å². The molecule has 0 N–H and O–H groups in total. The Labute approximate surface area is 193 Å². The number of ether oxygens (including phenoxy) is 1. The maximum atomic E-state index is 12.8. The molecule has 9 heteroatoms. The number of hydrogen-bond donors (Lipinski definition) is 0. The van der Waals surface area contributed by atoms with Gasteiger partial charge in [-0.05, 0) is 30.4 Å². The molecule has 6 nitrogen and oxygen atoms in total. The van der Waals surface area contributed by atoms with Gasteiger partial charge >= 0.3 is 5.97 Å². The van der Waals surface area contributed by atoms with Crippen molar-refractivity contribution in [1.82, 2.24) is 4.90 Å². The highest BCUT2D eigenvalue weighted by atomic mass is 79.9. The molecule has 1 aliphatic heterocycles. The fraction of sp³-hybridized carbons (Fsp3) is 0.500. The fourth-order valence-electron chi connectivity index (χ4n) is 4.77. The summed E-state index contributed by atoms with van der Waals surface area (Å²) in [6.45, 7) is -0.371. The maximum Gasteiger partial charge on any atom is 0.308 e. The third kappa shape index (κ3) is 3.74. The van der Waals surface area contributed by atoms with Gasteiger partial charge in [-0.1, -0.05) is 59.9 Å². The van der Waals surface area contributed by atoms with Gasteiger partial charge in [0.05, 0.1) is 18.3 Å². The van der Waals surface area contributed by atoms with Crippen LogP contribution in [0.3, 0.4) is 0 Å². The van der Waals surface area contributed by atoms with Gasteiger partial charge in [0.25, 0.3) is 0 Å². The van der Waals surface area contributed by atoms with Crippen LogP contribution in [0.4, 0.5) is 0 Å². The molecule has 4 rings (SSSR count). The fourth-order valence-corrected chi connectivity index (χ4v) is 6.91. The van der Waals surface area contributed by atoms with Gasteiger partial charge in [-0.15, -0.1) is 0 Å². The lowest BCUT2D eigenvalue weighted by Crippen LogP contribution is -2.37. The zero-order valence-corrected chi connectivity index (χ0v) is 20.0. The molecule has 2 aliphatic carbocycles. The minimum Gasteiger partial charge on any atom is -0.457 e. The number of amides is 2. The van der Waals surface area contributed by atoms with Gasteiger partial charge in [0.1, 0.15) is 0 Å². The highest BCUT2D eigenvalue weighted by Gasteiger charge is 2.66.